The van der Waals surface area contributed by atoms with Crippen molar-refractivity contribution in [2.45, 2.75) is 25.6 Å². The number of benzene rings is 3. The molecule has 0 saturated carbocycles. The Labute approximate surface area is 250 Å². The molecule has 0 N–H and O–H groups in total. The SMILES string of the molecule is N#Cc1ccc(COC(CN2CCN(C(=O)c3sc4ccccc4c3Cl)CC2)c2cccc(N3CCCC3)c2)cc1. The first-order valence-corrected chi connectivity index (χ1v) is 15.4. The molecule has 0 bridgehead atoms. The lowest BCUT2D eigenvalue weighted by Crippen LogP contribution is -2.49. The molecule has 210 valence electrons. The molecule has 1 amide bonds. The Morgan fingerprint density at radius 2 is 1.71 bits per heavy atom. The molecule has 6 rings (SSSR count). The van der Waals surface area contributed by atoms with Crippen molar-refractivity contribution in [3.63, 3.8) is 0 Å². The van der Waals surface area contributed by atoms with E-state index in [1.54, 1.807) is 0 Å². The third-order valence-corrected chi connectivity index (χ3v) is 9.72. The number of nitrogens with zero attached hydrogens (tertiary/aromatic N) is 4. The summed E-state index contributed by atoms with van der Waals surface area (Å²) in [6.07, 6.45) is 2.35. The molecule has 0 radical (unpaired) electrons. The number of hydrogen-bond donors (Lipinski definition) is 0. The molecular weight excluding hydrogens is 552 g/mol. The first-order valence-electron chi connectivity index (χ1n) is 14.2. The molecule has 3 heterocycles. The fraction of sp³-hybridized carbons (Fsp3) is 0.333. The van der Waals surface area contributed by atoms with Gasteiger partial charge < -0.3 is 14.5 Å². The summed E-state index contributed by atoms with van der Waals surface area (Å²) in [6, 6.07) is 26.4. The summed E-state index contributed by atoms with van der Waals surface area (Å²) < 4.78 is 7.60. The predicted molar refractivity (Wildman–Crippen MR) is 166 cm³/mol. The number of rotatable bonds is 8. The maximum absolute atomic E-state index is 13.4. The number of fused-ring (bicyclic) bond motifs is 1. The minimum atomic E-state index is -0.118. The number of halogens is 1. The van der Waals surface area contributed by atoms with Crippen LogP contribution in [0.1, 0.15) is 45.3 Å². The number of nitriles is 1. The molecule has 0 aliphatic carbocycles. The zero-order valence-electron chi connectivity index (χ0n) is 23.0. The Hall–Kier alpha value is -3.41. The number of amides is 1. The summed E-state index contributed by atoms with van der Waals surface area (Å²) >= 11 is 8.09. The third kappa shape index (κ3) is 6.27. The van der Waals surface area contributed by atoms with Crippen LogP contribution in [0.3, 0.4) is 0 Å². The summed E-state index contributed by atoms with van der Waals surface area (Å²) in [7, 11) is 0. The molecule has 1 aromatic heterocycles. The highest BCUT2D eigenvalue weighted by atomic mass is 35.5. The number of ether oxygens (including phenoxy) is 1. The standard InChI is InChI=1S/C33H33ClN4O2S/c34-31-28-8-1-2-9-30(28)41-32(31)33(39)38-18-16-36(17-19-38)22-29(40-23-25-12-10-24(21-35)11-13-25)26-6-5-7-27(20-26)37-14-3-4-15-37/h1-2,5-13,20,29H,3-4,14-19,22-23H2. The summed E-state index contributed by atoms with van der Waals surface area (Å²) in [5.74, 6) is 0.0165. The van der Waals surface area contributed by atoms with E-state index in [1.165, 1.54) is 35.4 Å². The maximum atomic E-state index is 13.4. The van der Waals surface area contributed by atoms with Crippen LogP contribution in [0, 0.1) is 11.3 Å². The van der Waals surface area contributed by atoms with Gasteiger partial charge in [0.05, 0.1) is 29.4 Å². The van der Waals surface area contributed by atoms with Crippen LogP contribution >= 0.6 is 22.9 Å². The molecule has 2 aliphatic rings. The van der Waals surface area contributed by atoms with E-state index in [9.17, 15) is 4.79 Å². The molecule has 1 unspecified atom stereocenters. The van der Waals surface area contributed by atoms with E-state index in [1.807, 2.05) is 53.4 Å². The largest absolute Gasteiger partial charge is 0.372 e. The normalized spacial score (nSPS) is 16.7. The number of anilines is 1. The number of carbonyl (C=O) groups excluding carboxylic acids is 1. The minimum Gasteiger partial charge on any atom is -0.372 e. The summed E-state index contributed by atoms with van der Waals surface area (Å²) in [4.78, 5) is 20.8. The quantitative estimate of drug-likeness (QED) is 0.229. The van der Waals surface area contributed by atoms with Crippen molar-refractivity contribution in [2.75, 3.05) is 50.7 Å². The van der Waals surface area contributed by atoms with E-state index in [0.29, 0.717) is 35.2 Å². The highest BCUT2D eigenvalue weighted by Crippen LogP contribution is 2.36. The van der Waals surface area contributed by atoms with Gasteiger partial charge in [0, 0.05) is 61.6 Å². The Morgan fingerprint density at radius 3 is 2.44 bits per heavy atom. The van der Waals surface area contributed by atoms with Crippen LogP contribution in [0.15, 0.2) is 72.8 Å². The monoisotopic (exact) mass is 584 g/mol. The molecule has 0 spiro atoms. The van der Waals surface area contributed by atoms with Gasteiger partial charge in [-0.25, -0.2) is 0 Å². The van der Waals surface area contributed by atoms with Crippen molar-refractivity contribution in [3.8, 4) is 6.07 Å². The highest BCUT2D eigenvalue weighted by molar-refractivity contribution is 7.21. The second-order valence-corrected chi connectivity index (χ2v) is 12.2. The number of hydrogen-bond acceptors (Lipinski definition) is 6. The van der Waals surface area contributed by atoms with Gasteiger partial charge in [-0.3, -0.25) is 9.69 Å². The lowest BCUT2D eigenvalue weighted by molar-refractivity contribution is 0.00349. The van der Waals surface area contributed by atoms with Crippen molar-refractivity contribution in [2.24, 2.45) is 0 Å². The van der Waals surface area contributed by atoms with Gasteiger partial charge in [-0.15, -0.1) is 11.3 Å². The molecule has 2 aliphatic heterocycles. The first-order chi connectivity index (χ1) is 20.1. The van der Waals surface area contributed by atoms with Gasteiger partial charge in [0.25, 0.3) is 5.91 Å². The smallest absolute Gasteiger partial charge is 0.265 e. The Bertz CT molecular complexity index is 1550. The van der Waals surface area contributed by atoms with Gasteiger partial charge in [-0.2, -0.15) is 5.26 Å². The molecular formula is C33H33ClN4O2S. The van der Waals surface area contributed by atoms with Gasteiger partial charge in [0.15, 0.2) is 0 Å². The Balaban J connectivity index is 1.14. The van der Waals surface area contributed by atoms with Crippen molar-refractivity contribution >= 4 is 44.6 Å². The van der Waals surface area contributed by atoms with Crippen molar-refractivity contribution in [1.29, 1.82) is 5.26 Å². The van der Waals surface area contributed by atoms with Crippen molar-refractivity contribution < 1.29 is 9.53 Å². The van der Waals surface area contributed by atoms with Crippen LogP contribution in [0.2, 0.25) is 5.02 Å². The Kier molecular flexibility index (Phi) is 8.54. The number of piperazine rings is 1. The lowest BCUT2D eigenvalue weighted by Gasteiger charge is -2.36. The van der Waals surface area contributed by atoms with Gasteiger partial charge in [0.1, 0.15) is 4.88 Å². The second-order valence-electron chi connectivity index (χ2n) is 10.7. The van der Waals surface area contributed by atoms with Gasteiger partial charge in [-0.1, -0.05) is 54.1 Å². The van der Waals surface area contributed by atoms with Gasteiger partial charge in [0.2, 0.25) is 0 Å². The topological polar surface area (TPSA) is 59.8 Å². The maximum Gasteiger partial charge on any atom is 0.265 e. The highest BCUT2D eigenvalue weighted by Gasteiger charge is 2.28. The summed E-state index contributed by atoms with van der Waals surface area (Å²) in [5.41, 5.74) is 4.11. The fourth-order valence-electron chi connectivity index (χ4n) is 5.69. The van der Waals surface area contributed by atoms with Crippen LogP contribution < -0.4 is 4.90 Å². The molecule has 41 heavy (non-hydrogen) atoms. The first kappa shape index (κ1) is 27.7. The van der Waals surface area contributed by atoms with E-state index < -0.39 is 0 Å². The number of thiophene rings is 1. The average Bonchev–Trinajstić information content (AvgIpc) is 3.68. The molecule has 8 heteroatoms. The van der Waals surface area contributed by atoms with Crippen LogP contribution in [-0.2, 0) is 11.3 Å². The lowest BCUT2D eigenvalue weighted by atomic mass is 10.1. The average molecular weight is 585 g/mol. The van der Waals surface area contributed by atoms with Crippen molar-refractivity contribution in [1.82, 2.24) is 9.80 Å². The molecule has 6 nitrogen and oxygen atoms in total. The van der Waals surface area contributed by atoms with E-state index in [-0.39, 0.29) is 12.0 Å². The van der Waals surface area contributed by atoms with Gasteiger partial charge in [-0.05, 0) is 54.3 Å². The van der Waals surface area contributed by atoms with E-state index in [0.717, 1.165) is 48.4 Å². The van der Waals surface area contributed by atoms with Crippen LogP contribution in [0.5, 0.6) is 0 Å². The van der Waals surface area contributed by atoms with Crippen molar-refractivity contribution in [3.05, 3.63) is 99.4 Å². The number of carbonyl (C=O) groups is 1. The molecule has 3 aromatic carbocycles. The van der Waals surface area contributed by atoms with Crippen LogP contribution in [-0.4, -0.2) is 61.5 Å². The molecule has 4 aromatic rings. The van der Waals surface area contributed by atoms with E-state index >= 15 is 0 Å². The Morgan fingerprint density at radius 1 is 0.951 bits per heavy atom. The zero-order valence-corrected chi connectivity index (χ0v) is 24.5. The summed E-state index contributed by atoms with van der Waals surface area (Å²) in [5, 5.41) is 10.6. The van der Waals surface area contributed by atoms with Gasteiger partial charge >= 0.3 is 0 Å². The van der Waals surface area contributed by atoms with Crippen LogP contribution in [0.4, 0.5) is 5.69 Å². The second kappa shape index (κ2) is 12.6. The molecule has 2 fully saturated rings. The minimum absolute atomic E-state index is 0.0165. The summed E-state index contributed by atoms with van der Waals surface area (Å²) in [6.45, 7) is 6.26. The third-order valence-electron chi connectivity index (χ3n) is 8.06. The molecule has 2 saturated heterocycles. The molecule has 1 atom stereocenters. The van der Waals surface area contributed by atoms with E-state index in [2.05, 4.69) is 40.1 Å². The fourth-order valence-corrected chi connectivity index (χ4v) is 7.17. The van der Waals surface area contributed by atoms with E-state index in [4.69, 9.17) is 21.6 Å². The zero-order chi connectivity index (χ0) is 28.2. The predicted octanol–water partition coefficient (Wildman–Crippen LogP) is 6.74. The van der Waals surface area contributed by atoms with Crippen LogP contribution in [0.25, 0.3) is 10.1 Å².